The van der Waals surface area contributed by atoms with Crippen molar-refractivity contribution in [2.75, 3.05) is 6.61 Å². The molecule has 1 aliphatic heterocycles. The molecule has 1 fully saturated rings. The quantitative estimate of drug-likeness (QED) is 0.742. The van der Waals surface area contributed by atoms with E-state index in [2.05, 4.69) is 5.32 Å². The zero-order valence-electron chi connectivity index (χ0n) is 10.7. The van der Waals surface area contributed by atoms with Gasteiger partial charge in [0.2, 0.25) is 5.91 Å². The zero-order valence-corrected chi connectivity index (χ0v) is 10.7. The molecule has 4 heteroatoms. The molecule has 0 radical (unpaired) electrons. The van der Waals surface area contributed by atoms with Crippen LogP contribution in [0.2, 0.25) is 0 Å². The van der Waals surface area contributed by atoms with Crippen LogP contribution in [-0.2, 0) is 9.53 Å². The molecule has 94 valence electrons. The van der Waals surface area contributed by atoms with Crippen LogP contribution in [0.4, 0.5) is 0 Å². The summed E-state index contributed by atoms with van der Waals surface area (Å²) >= 11 is 0. The third-order valence-corrected chi connectivity index (χ3v) is 3.05. The van der Waals surface area contributed by atoms with E-state index in [1.165, 1.54) is 0 Å². The normalized spacial score (nSPS) is 28.6. The molecule has 0 bridgehead atoms. The van der Waals surface area contributed by atoms with Crippen molar-refractivity contribution in [2.45, 2.75) is 58.7 Å². The highest BCUT2D eigenvalue weighted by molar-refractivity contribution is 5.82. The number of nitrogens with two attached hydrogens (primary N) is 1. The molecular weight excluding hydrogens is 204 g/mol. The number of amides is 1. The maximum Gasteiger partial charge on any atom is 0.237 e. The highest BCUT2D eigenvalue weighted by Gasteiger charge is 2.30. The average molecular weight is 228 g/mol. The van der Waals surface area contributed by atoms with Crippen molar-refractivity contribution in [1.82, 2.24) is 5.32 Å². The summed E-state index contributed by atoms with van der Waals surface area (Å²) in [5, 5.41) is 3.01. The number of nitrogens with one attached hydrogen (secondary N) is 1. The van der Waals surface area contributed by atoms with Gasteiger partial charge in [-0.15, -0.1) is 0 Å². The van der Waals surface area contributed by atoms with E-state index in [1.807, 2.05) is 27.7 Å². The van der Waals surface area contributed by atoms with Gasteiger partial charge in [0.1, 0.15) is 0 Å². The van der Waals surface area contributed by atoms with Crippen LogP contribution in [0.3, 0.4) is 0 Å². The minimum Gasteiger partial charge on any atom is -0.378 e. The third kappa shape index (κ3) is 3.76. The molecular formula is C12H24N2O2. The second-order valence-corrected chi connectivity index (χ2v) is 5.75. The maximum atomic E-state index is 11.9. The van der Waals surface area contributed by atoms with Crippen molar-refractivity contribution in [1.29, 1.82) is 0 Å². The Hall–Kier alpha value is -0.610. The minimum atomic E-state index is -0.453. The van der Waals surface area contributed by atoms with Crippen molar-refractivity contribution in [2.24, 2.45) is 11.1 Å². The first-order chi connectivity index (χ1) is 7.30. The molecule has 1 aliphatic rings. The Morgan fingerprint density at radius 2 is 2.12 bits per heavy atom. The van der Waals surface area contributed by atoms with E-state index in [1.54, 1.807) is 0 Å². The lowest BCUT2D eigenvalue weighted by Crippen LogP contribution is -2.52. The van der Waals surface area contributed by atoms with Crippen molar-refractivity contribution < 1.29 is 9.53 Å². The summed E-state index contributed by atoms with van der Waals surface area (Å²) in [6, 6.07) is -0.240. The summed E-state index contributed by atoms with van der Waals surface area (Å²) in [4.78, 5) is 11.9. The number of hydrogen-bond donors (Lipinski definition) is 2. The highest BCUT2D eigenvalue weighted by Crippen LogP contribution is 2.19. The molecule has 1 heterocycles. The molecule has 0 aromatic rings. The molecule has 1 saturated heterocycles. The van der Waals surface area contributed by atoms with Crippen LogP contribution in [-0.4, -0.2) is 30.7 Å². The van der Waals surface area contributed by atoms with Gasteiger partial charge in [0, 0.05) is 12.6 Å². The lowest BCUT2D eigenvalue weighted by Gasteiger charge is -2.31. The summed E-state index contributed by atoms with van der Waals surface area (Å²) in [6.07, 6.45) is 1.99. The Bertz CT molecular complexity index is 248. The van der Waals surface area contributed by atoms with Gasteiger partial charge in [-0.1, -0.05) is 20.8 Å². The van der Waals surface area contributed by atoms with E-state index in [9.17, 15) is 4.79 Å². The van der Waals surface area contributed by atoms with Gasteiger partial charge >= 0.3 is 0 Å². The van der Waals surface area contributed by atoms with Gasteiger partial charge in [0.05, 0.1) is 12.1 Å². The third-order valence-electron chi connectivity index (χ3n) is 3.05. The number of carbonyl (C=O) groups is 1. The zero-order chi connectivity index (χ0) is 12.3. The van der Waals surface area contributed by atoms with E-state index in [0.717, 1.165) is 19.4 Å². The van der Waals surface area contributed by atoms with Gasteiger partial charge in [0.15, 0.2) is 0 Å². The Kier molecular flexibility index (Phi) is 4.33. The molecule has 3 atom stereocenters. The molecule has 1 amide bonds. The molecule has 2 unspecified atom stereocenters. The molecule has 0 spiro atoms. The van der Waals surface area contributed by atoms with Gasteiger partial charge in [-0.05, 0) is 25.2 Å². The van der Waals surface area contributed by atoms with Gasteiger partial charge in [-0.2, -0.15) is 0 Å². The molecule has 16 heavy (non-hydrogen) atoms. The Morgan fingerprint density at radius 1 is 1.50 bits per heavy atom. The van der Waals surface area contributed by atoms with Crippen LogP contribution >= 0.6 is 0 Å². The number of hydrogen-bond acceptors (Lipinski definition) is 3. The smallest absolute Gasteiger partial charge is 0.237 e. The summed E-state index contributed by atoms with van der Waals surface area (Å²) in [5.41, 5.74) is 5.71. The van der Waals surface area contributed by atoms with Crippen molar-refractivity contribution in [3.8, 4) is 0 Å². The first-order valence-corrected chi connectivity index (χ1v) is 5.98. The Morgan fingerprint density at radius 3 is 2.62 bits per heavy atom. The van der Waals surface area contributed by atoms with Gasteiger partial charge in [-0.3, -0.25) is 4.79 Å². The van der Waals surface area contributed by atoms with Gasteiger partial charge in [-0.25, -0.2) is 0 Å². The molecule has 0 aliphatic carbocycles. The highest BCUT2D eigenvalue weighted by atomic mass is 16.5. The van der Waals surface area contributed by atoms with Crippen molar-refractivity contribution in [3.63, 3.8) is 0 Å². The monoisotopic (exact) mass is 228 g/mol. The summed E-state index contributed by atoms with van der Waals surface area (Å²) in [5.74, 6) is -0.0494. The van der Waals surface area contributed by atoms with Crippen molar-refractivity contribution >= 4 is 5.91 Å². The lowest BCUT2D eigenvalue weighted by molar-refractivity contribution is -0.126. The standard InChI is InChI=1S/C12H24N2O2/c1-8-7-9(5-6-16-8)14-11(15)10(13)12(2,3)4/h8-10H,5-7,13H2,1-4H3,(H,14,15)/t8?,9?,10-/m1/s1. The van der Waals surface area contributed by atoms with E-state index in [4.69, 9.17) is 10.5 Å². The fourth-order valence-electron chi connectivity index (χ4n) is 1.81. The molecule has 0 saturated carbocycles. The van der Waals surface area contributed by atoms with Crippen LogP contribution in [0, 0.1) is 5.41 Å². The predicted octanol–water partition coefficient (Wildman–Crippen LogP) is 1.04. The Balaban J connectivity index is 2.45. The summed E-state index contributed by atoms with van der Waals surface area (Å²) < 4.78 is 5.43. The molecule has 0 aromatic carbocycles. The average Bonchev–Trinajstić information content (AvgIpc) is 2.15. The van der Waals surface area contributed by atoms with Gasteiger partial charge in [0.25, 0.3) is 0 Å². The second-order valence-electron chi connectivity index (χ2n) is 5.75. The fraction of sp³-hybridized carbons (Fsp3) is 0.917. The van der Waals surface area contributed by atoms with E-state index in [0.29, 0.717) is 0 Å². The molecule has 0 aromatic heterocycles. The first kappa shape index (κ1) is 13.5. The predicted molar refractivity (Wildman–Crippen MR) is 64.0 cm³/mol. The van der Waals surface area contributed by atoms with Crippen LogP contribution in [0.5, 0.6) is 0 Å². The van der Waals surface area contributed by atoms with Crippen LogP contribution in [0.25, 0.3) is 0 Å². The number of carbonyl (C=O) groups excluding carboxylic acids is 1. The van der Waals surface area contributed by atoms with Gasteiger partial charge < -0.3 is 15.8 Å². The Labute approximate surface area is 97.9 Å². The molecule has 3 N–H and O–H groups in total. The van der Waals surface area contributed by atoms with Crippen LogP contribution in [0.1, 0.15) is 40.5 Å². The molecule has 4 nitrogen and oxygen atoms in total. The van der Waals surface area contributed by atoms with Crippen molar-refractivity contribution in [3.05, 3.63) is 0 Å². The molecule has 1 rings (SSSR count). The summed E-state index contributed by atoms with van der Waals surface area (Å²) in [6.45, 7) is 8.68. The summed E-state index contributed by atoms with van der Waals surface area (Å²) in [7, 11) is 0. The van der Waals surface area contributed by atoms with E-state index in [-0.39, 0.29) is 23.5 Å². The SMILES string of the molecule is CC1CC(NC(=O)[C@@H](N)C(C)(C)C)CCO1. The first-order valence-electron chi connectivity index (χ1n) is 5.98. The minimum absolute atomic E-state index is 0.0494. The maximum absolute atomic E-state index is 11.9. The largest absolute Gasteiger partial charge is 0.378 e. The van der Waals surface area contributed by atoms with Crippen LogP contribution < -0.4 is 11.1 Å². The van der Waals surface area contributed by atoms with E-state index >= 15 is 0 Å². The number of ether oxygens (including phenoxy) is 1. The lowest BCUT2D eigenvalue weighted by atomic mass is 9.86. The topological polar surface area (TPSA) is 64.4 Å². The van der Waals surface area contributed by atoms with E-state index < -0.39 is 6.04 Å². The van der Waals surface area contributed by atoms with Crippen LogP contribution in [0.15, 0.2) is 0 Å². The second kappa shape index (κ2) is 5.15. The number of rotatable bonds is 2. The fourth-order valence-corrected chi connectivity index (χ4v) is 1.81.